The zero-order valence-electron chi connectivity index (χ0n) is 8.92. The standard InChI is InChI=1S/C13H14IN/c1-3-12(9(2)14)11-5-4-10-6-7-15-13(10)8-11/h3-9,15H,1-2H3. The van der Waals surface area contributed by atoms with Crippen LogP contribution in [0.3, 0.4) is 0 Å². The van der Waals surface area contributed by atoms with Gasteiger partial charge < -0.3 is 4.98 Å². The third kappa shape index (κ3) is 2.09. The van der Waals surface area contributed by atoms with Gasteiger partial charge in [-0.1, -0.05) is 40.8 Å². The summed E-state index contributed by atoms with van der Waals surface area (Å²) in [6.45, 7) is 4.32. The Labute approximate surface area is 104 Å². The number of benzene rings is 1. The summed E-state index contributed by atoms with van der Waals surface area (Å²) >= 11 is 2.45. The molecule has 0 saturated heterocycles. The van der Waals surface area contributed by atoms with Gasteiger partial charge >= 0.3 is 0 Å². The molecule has 0 fully saturated rings. The Morgan fingerprint density at radius 1 is 1.40 bits per heavy atom. The topological polar surface area (TPSA) is 15.8 Å². The summed E-state index contributed by atoms with van der Waals surface area (Å²) in [6.07, 6.45) is 4.18. The SMILES string of the molecule is CC=C(c1ccc2cc[nH]c2c1)C(C)I. The molecule has 0 aliphatic carbocycles. The predicted octanol–water partition coefficient (Wildman–Crippen LogP) is 4.39. The van der Waals surface area contributed by atoms with Crippen LogP contribution in [0.1, 0.15) is 19.4 Å². The molecule has 0 saturated carbocycles. The second-order valence-corrected chi connectivity index (χ2v) is 5.51. The minimum Gasteiger partial charge on any atom is -0.361 e. The lowest BCUT2D eigenvalue weighted by molar-refractivity contribution is 1.30. The van der Waals surface area contributed by atoms with Crippen molar-refractivity contribution >= 4 is 39.1 Å². The number of H-pyrrole nitrogens is 1. The van der Waals surface area contributed by atoms with Crippen LogP contribution in [0, 0.1) is 0 Å². The third-order valence-corrected chi connectivity index (χ3v) is 3.30. The van der Waals surface area contributed by atoms with Crippen molar-refractivity contribution in [3.8, 4) is 0 Å². The number of allylic oxidation sites excluding steroid dienone is 2. The van der Waals surface area contributed by atoms with Gasteiger partial charge in [0.05, 0.1) is 0 Å². The van der Waals surface area contributed by atoms with Gasteiger partial charge in [-0.15, -0.1) is 0 Å². The van der Waals surface area contributed by atoms with Gasteiger partial charge in [0.2, 0.25) is 0 Å². The minimum atomic E-state index is 0.542. The van der Waals surface area contributed by atoms with Crippen LogP contribution in [0.15, 0.2) is 36.5 Å². The van der Waals surface area contributed by atoms with E-state index in [4.69, 9.17) is 0 Å². The Hall–Kier alpha value is -0.770. The fourth-order valence-electron chi connectivity index (χ4n) is 1.85. The monoisotopic (exact) mass is 311 g/mol. The molecule has 1 unspecified atom stereocenters. The van der Waals surface area contributed by atoms with Gasteiger partial charge in [0.1, 0.15) is 0 Å². The van der Waals surface area contributed by atoms with E-state index < -0.39 is 0 Å². The molecule has 2 heteroatoms. The van der Waals surface area contributed by atoms with Gasteiger partial charge in [-0.05, 0) is 42.5 Å². The number of hydrogen-bond acceptors (Lipinski definition) is 0. The smallest absolute Gasteiger partial charge is 0.0460 e. The van der Waals surface area contributed by atoms with E-state index in [0.29, 0.717) is 3.92 Å². The van der Waals surface area contributed by atoms with E-state index in [1.54, 1.807) is 0 Å². The third-order valence-electron chi connectivity index (χ3n) is 2.63. The average molecular weight is 311 g/mol. The molecule has 15 heavy (non-hydrogen) atoms. The van der Waals surface area contributed by atoms with E-state index in [0.717, 1.165) is 0 Å². The second-order valence-electron chi connectivity index (χ2n) is 3.64. The van der Waals surface area contributed by atoms with Crippen LogP contribution in [-0.2, 0) is 0 Å². The van der Waals surface area contributed by atoms with Gasteiger partial charge in [-0.3, -0.25) is 0 Å². The highest BCUT2D eigenvalue weighted by atomic mass is 127. The lowest BCUT2D eigenvalue weighted by Gasteiger charge is -2.09. The molecule has 1 N–H and O–H groups in total. The summed E-state index contributed by atoms with van der Waals surface area (Å²) in [5, 5.41) is 1.27. The number of nitrogens with one attached hydrogen (secondary N) is 1. The molecule has 0 bridgehead atoms. The van der Waals surface area contributed by atoms with Crippen molar-refractivity contribution in [2.24, 2.45) is 0 Å². The molecule has 1 atom stereocenters. The van der Waals surface area contributed by atoms with Crippen molar-refractivity contribution < 1.29 is 0 Å². The summed E-state index contributed by atoms with van der Waals surface area (Å²) in [5.41, 5.74) is 3.92. The van der Waals surface area contributed by atoms with Crippen molar-refractivity contribution in [3.05, 3.63) is 42.1 Å². The van der Waals surface area contributed by atoms with Crippen LogP contribution < -0.4 is 0 Å². The number of hydrogen-bond donors (Lipinski definition) is 1. The Morgan fingerprint density at radius 2 is 2.20 bits per heavy atom. The van der Waals surface area contributed by atoms with E-state index in [9.17, 15) is 0 Å². The highest BCUT2D eigenvalue weighted by Gasteiger charge is 2.07. The van der Waals surface area contributed by atoms with Crippen molar-refractivity contribution in [2.75, 3.05) is 0 Å². The molecule has 0 aliphatic heterocycles. The van der Waals surface area contributed by atoms with Crippen LogP contribution in [-0.4, -0.2) is 8.91 Å². The van der Waals surface area contributed by atoms with E-state index in [1.165, 1.54) is 22.0 Å². The van der Waals surface area contributed by atoms with Crippen LogP contribution in [0.5, 0.6) is 0 Å². The molecule has 0 aliphatic rings. The van der Waals surface area contributed by atoms with Crippen molar-refractivity contribution in [3.63, 3.8) is 0 Å². The number of alkyl halides is 1. The van der Waals surface area contributed by atoms with Crippen LogP contribution >= 0.6 is 22.6 Å². The van der Waals surface area contributed by atoms with Crippen molar-refractivity contribution in [1.29, 1.82) is 0 Å². The molecule has 1 heterocycles. The first kappa shape index (κ1) is 10.7. The molecular formula is C13H14IN. The Kier molecular flexibility index (Phi) is 3.14. The fraction of sp³-hybridized carbons (Fsp3) is 0.231. The summed E-state index contributed by atoms with van der Waals surface area (Å²) in [7, 11) is 0. The summed E-state index contributed by atoms with van der Waals surface area (Å²) in [6, 6.07) is 8.69. The van der Waals surface area contributed by atoms with Crippen molar-refractivity contribution in [2.45, 2.75) is 17.8 Å². The number of aromatic nitrogens is 1. The van der Waals surface area contributed by atoms with Crippen LogP contribution in [0.2, 0.25) is 0 Å². The first-order chi connectivity index (χ1) is 7.22. The summed E-state index contributed by atoms with van der Waals surface area (Å²) in [4.78, 5) is 3.25. The molecule has 0 spiro atoms. The molecule has 0 amide bonds. The minimum absolute atomic E-state index is 0.542. The lowest BCUT2D eigenvalue weighted by Crippen LogP contribution is -1.95. The second kappa shape index (κ2) is 4.39. The van der Waals surface area contributed by atoms with E-state index in [-0.39, 0.29) is 0 Å². The largest absolute Gasteiger partial charge is 0.361 e. The quantitative estimate of drug-likeness (QED) is 0.625. The maximum atomic E-state index is 3.25. The molecular weight excluding hydrogens is 297 g/mol. The average Bonchev–Trinajstić information content (AvgIpc) is 2.65. The zero-order valence-corrected chi connectivity index (χ0v) is 11.1. The van der Waals surface area contributed by atoms with Crippen LogP contribution in [0.25, 0.3) is 16.5 Å². The van der Waals surface area contributed by atoms with Gasteiger partial charge in [-0.25, -0.2) is 0 Å². The van der Waals surface area contributed by atoms with Crippen molar-refractivity contribution in [1.82, 2.24) is 4.98 Å². The maximum absolute atomic E-state index is 3.25. The van der Waals surface area contributed by atoms with E-state index in [2.05, 4.69) is 71.8 Å². The summed E-state index contributed by atoms with van der Waals surface area (Å²) < 4.78 is 0.542. The van der Waals surface area contributed by atoms with E-state index >= 15 is 0 Å². The Morgan fingerprint density at radius 3 is 2.87 bits per heavy atom. The fourth-order valence-corrected chi connectivity index (χ4v) is 2.57. The molecule has 0 radical (unpaired) electrons. The summed E-state index contributed by atoms with van der Waals surface area (Å²) in [5.74, 6) is 0. The Balaban J connectivity index is 2.51. The Bertz CT molecular complexity index is 494. The maximum Gasteiger partial charge on any atom is 0.0460 e. The molecule has 78 valence electrons. The normalized spacial score (nSPS) is 14.5. The number of halogens is 1. The lowest BCUT2D eigenvalue weighted by atomic mass is 10.0. The molecule has 1 aromatic heterocycles. The highest BCUT2D eigenvalue weighted by molar-refractivity contribution is 14.1. The predicted molar refractivity (Wildman–Crippen MR) is 75.4 cm³/mol. The molecule has 1 aromatic carbocycles. The van der Waals surface area contributed by atoms with Gasteiger partial charge in [0, 0.05) is 15.6 Å². The number of fused-ring (bicyclic) bond motifs is 1. The van der Waals surface area contributed by atoms with Gasteiger partial charge in [0.15, 0.2) is 0 Å². The molecule has 2 aromatic rings. The molecule has 1 nitrogen and oxygen atoms in total. The zero-order chi connectivity index (χ0) is 10.8. The van der Waals surface area contributed by atoms with E-state index in [1.807, 2.05) is 6.20 Å². The van der Waals surface area contributed by atoms with Gasteiger partial charge in [-0.2, -0.15) is 0 Å². The first-order valence-electron chi connectivity index (χ1n) is 5.10. The number of rotatable bonds is 2. The van der Waals surface area contributed by atoms with Crippen LogP contribution in [0.4, 0.5) is 0 Å². The highest BCUT2D eigenvalue weighted by Crippen LogP contribution is 2.26. The molecule has 2 rings (SSSR count). The number of aromatic amines is 1. The van der Waals surface area contributed by atoms with Gasteiger partial charge in [0.25, 0.3) is 0 Å². The first-order valence-corrected chi connectivity index (χ1v) is 6.34.